The Labute approximate surface area is 109 Å². The number of hydrogen-bond donors (Lipinski definition) is 0. The van der Waals surface area contributed by atoms with Gasteiger partial charge < -0.3 is 4.74 Å². The van der Waals surface area contributed by atoms with Gasteiger partial charge in [0.25, 0.3) is 0 Å². The maximum atomic E-state index is 6.32. The molecule has 0 aromatic rings. The topological polar surface area (TPSA) is 9.23 Å². The standard InChI is InChI=1S/C12H11Cl3O/c13-12(14,15)11-8-3-1-2-4-5(3)9(11)7(4)10(16-11)6(2)8/h2-10H,1H2/t2-,3-,4-,5+,6-,7+,8-,9-,10-,11-/m1/s1. The molecular weight excluding hydrogens is 266 g/mol. The molecular formula is C12H11Cl3O. The first kappa shape index (κ1) is 8.85. The van der Waals surface area contributed by atoms with Gasteiger partial charge in [0.1, 0.15) is 5.60 Å². The van der Waals surface area contributed by atoms with Crippen LogP contribution >= 0.6 is 34.8 Å². The van der Waals surface area contributed by atoms with Crippen LogP contribution < -0.4 is 0 Å². The maximum Gasteiger partial charge on any atom is 0.219 e. The third-order valence-electron chi connectivity index (χ3n) is 7.14. The summed E-state index contributed by atoms with van der Waals surface area (Å²) in [6, 6.07) is 0. The number of halogens is 3. The van der Waals surface area contributed by atoms with E-state index >= 15 is 0 Å². The van der Waals surface area contributed by atoms with Crippen molar-refractivity contribution >= 4 is 34.8 Å². The van der Waals surface area contributed by atoms with Crippen molar-refractivity contribution in [3.05, 3.63) is 0 Å². The summed E-state index contributed by atoms with van der Waals surface area (Å²) in [6.07, 6.45) is 1.88. The minimum atomic E-state index is -1.21. The van der Waals surface area contributed by atoms with E-state index in [2.05, 4.69) is 0 Å². The Bertz CT molecular complexity index is 436. The molecule has 7 fully saturated rings. The van der Waals surface area contributed by atoms with Gasteiger partial charge in [0, 0.05) is 11.8 Å². The minimum absolute atomic E-state index is 0.380. The Balaban J connectivity index is 1.71. The van der Waals surface area contributed by atoms with Crippen molar-refractivity contribution in [3.8, 4) is 0 Å². The third-order valence-corrected chi connectivity index (χ3v) is 8.03. The van der Waals surface area contributed by atoms with Crippen molar-refractivity contribution in [1.29, 1.82) is 0 Å². The molecule has 0 aromatic carbocycles. The number of ether oxygens (including phenoxy) is 1. The number of rotatable bonds is 0. The summed E-state index contributed by atoms with van der Waals surface area (Å²) in [5.74, 6) is 6.28. The van der Waals surface area contributed by atoms with Gasteiger partial charge in [-0.15, -0.1) is 0 Å². The normalized spacial score (nSPS) is 79.3. The second-order valence-electron chi connectivity index (χ2n) is 6.80. The molecule has 2 heterocycles. The zero-order valence-electron chi connectivity index (χ0n) is 8.45. The Morgan fingerprint density at radius 1 is 0.938 bits per heavy atom. The lowest BCUT2D eigenvalue weighted by molar-refractivity contribution is -0.0275. The molecule has 7 rings (SSSR count). The monoisotopic (exact) mass is 276 g/mol. The maximum absolute atomic E-state index is 6.32. The molecule has 0 amide bonds. The summed E-state index contributed by atoms with van der Waals surface area (Å²) >= 11 is 18.9. The highest BCUT2D eigenvalue weighted by molar-refractivity contribution is 6.68. The van der Waals surface area contributed by atoms with Crippen LogP contribution in [0.25, 0.3) is 0 Å². The van der Waals surface area contributed by atoms with Gasteiger partial charge in [0.2, 0.25) is 3.79 Å². The molecule has 2 aliphatic heterocycles. The van der Waals surface area contributed by atoms with Crippen LogP contribution in [0.15, 0.2) is 0 Å². The van der Waals surface area contributed by atoms with Gasteiger partial charge in [-0.05, 0) is 41.9 Å². The van der Waals surface area contributed by atoms with Gasteiger partial charge in [-0.1, -0.05) is 34.8 Å². The van der Waals surface area contributed by atoms with E-state index in [4.69, 9.17) is 39.5 Å². The van der Waals surface area contributed by atoms with Crippen molar-refractivity contribution in [1.82, 2.24) is 0 Å². The molecule has 5 saturated carbocycles. The molecule has 86 valence electrons. The summed E-state index contributed by atoms with van der Waals surface area (Å²) in [5, 5.41) is 0. The molecule has 4 bridgehead atoms. The van der Waals surface area contributed by atoms with E-state index in [1.54, 1.807) is 0 Å². The zero-order valence-corrected chi connectivity index (χ0v) is 10.7. The largest absolute Gasteiger partial charge is 0.366 e. The van der Waals surface area contributed by atoms with E-state index in [1.165, 1.54) is 6.42 Å². The van der Waals surface area contributed by atoms with Crippen molar-refractivity contribution in [3.63, 3.8) is 0 Å². The lowest BCUT2D eigenvalue weighted by atomic mass is 9.57. The van der Waals surface area contributed by atoms with E-state index < -0.39 is 3.79 Å². The van der Waals surface area contributed by atoms with Crippen LogP contribution in [0.3, 0.4) is 0 Å². The van der Waals surface area contributed by atoms with Crippen LogP contribution in [0.1, 0.15) is 6.42 Å². The van der Waals surface area contributed by atoms with Crippen molar-refractivity contribution in [2.45, 2.75) is 21.9 Å². The second kappa shape index (κ2) is 1.99. The smallest absolute Gasteiger partial charge is 0.219 e. The SMILES string of the molecule is ClC(Cl)(Cl)[C@]12O[C@H]3[C@H]4[C@@H]5[C@H]6C[C@H]([C@@H]5[C@H]41)[C@@H]2[C@@H]63. The van der Waals surface area contributed by atoms with Gasteiger partial charge in [-0.2, -0.15) is 0 Å². The summed E-state index contributed by atoms with van der Waals surface area (Å²) in [7, 11) is 0. The van der Waals surface area contributed by atoms with Gasteiger partial charge in [0.15, 0.2) is 0 Å². The van der Waals surface area contributed by atoms with E-state index in [0.717, 1.165) is 35.5 Å². The van der Waals surface area contributed by atoms with Crippen LogP contribution in [-0.2, 0) is 4.74 Å². The predicted molar refractivity (Wildman–Crippen MR) is 60.4 cm³/mol. The van der Waals surface area contributed by atoms with Gasteiger partial charge in [-0.3, -0.25) is 0 Å². The number of alkyl halides is 3. The molecule has 2 saturated heterocycles. The van der Waals surface area contributed by atoms with Crippen molar-refractivity contribution in [2.75, 3.05) is 0 Å². The van der Waals surface area contributed by atoms with Crippen LogP contribution in [-0.4, -0.2) is 15.5 Å². The number of hydrogen-bond acceptors (Lipinski definition) is 1. The van der Waals surface area contributed by atoms with Crippen LogP contribution in [0, 0.1) is 47.3 Å². The Hall–Kier alpha value is 0.830. The summed E-state index contributed by atoms with van der Waals surface area (Å²) in [5.41, 5.74) is -0.380. The molecule has 4 heteroatoms. The molecule has 16 heavy (non-hydrogen) atoms. The Morgan fingerprint density at radius 3 is 2.50 bits per heavy atom. The molecule has 10 atom stereocenters. The summed E-state index contributed by atoms with van der Waals surface area (Å²) in [6.45, 7) is 0. The quantitative estimate of drug-likeness (QED) is 0.619. The van der Waals surface area contributed by atoms with E-state index in [1.807, 2.05) is 0 Å². The van der Waals surface area contributed by atoms with Crippen LogP contribution in [0.4, 0.5) is 0 Å². The van der Waals surface area contributed by atoms with Crippen LogP contribution in [0.5, 0.6) is 0 Å². The molecule has 1 nitrogen and oxygen atoms in total. The lowest BCUT2D eigenvalue weighted by Gasteiger charge is -2.47. The minimum Gasteiger partial charge on any atom is -0.366 e. The average Bonchev–Trinajstić information content (AvgIpc) is 2.68. The summed E-state index contributed by atoms with van der Waals surface area (Å²) in [4.78, 5) is 0. The zero-order chi connectivity index (χ0) is 10.6. The average molecular weight is 278 g/mol. The second-order valence-corrected chi connectivity index (χ2v) is 9.08. The van der Waals surface area contributed by atoms with Gasteiger partial charge in [0.05, 0.1) is 6.10 Å². The highest BCUT2D eigenvalue weighted by atomic mass is 35.6. The molecule has 5 aliphatic carbocycles. The van der Waals surface area contributed by atoms with Crippen molar-refractivity contribution < 1.29 is 4.74 Å². The van der Waals surface area contributed by atoms with E-state index in [0.29, 0.717) is 17.9 Å². The predicted octanol–water partition coefficient (Wildman–Crippen LogP) is 2.88. The molecule has 0 radical (unpaired) electrons. The van der Waals surface area contributed by atoms with Gasteiger partial charge in [-0.25, -0.2) is 0 Å². The fourth-order valence-electron chi connectivity index (χ4n) is 7.46. The lowest BCUT2D eigenvalue weighted by Crippen LogP contribution is -2.54. The molecule has 0 aromatic heterocycles. The van der Waals surface area contributed by atoms with Crippen LogP contribution in [0.2, 0.25) is 0 Å². The molecule has 0 unspecified atom stereocenters. The fraction of sp³-hybridized carbons (Fsp3) is 1.00. The van der Waals surface area contributed by atoms with E-state index in [9.17, 15) is 0 Å². The highest BCUT2D eigenvalue weighted by Crippen LogP contribution is 2.92. The Kier molecular flexibility index (Phi) is 1.10. The first-order valence-electron chi connectivity index (χ1n) is 6.32. The fourth-order valence-corrected chi connectivity index (χ4v) is 8.35. The first-order chi connectivity index (χ1) is 7.57. The third kappa shape index (κ3) is 0.507. The molecule has 0 spiro atoms. The van der Waals surface area contributed by atoms with Gasteiger partial charge >= 0.3 is 0 Å². The summed E-state index contributed by atoms with van der Waals surface area (Å²) < 4.78 is 5.12. The van der Waals surface area contributed by atoms with Crippen molar-refractivity contribution in [2.24, 2.45) is 47.3 Å². The van der Waals surface area contributed by atoms with E-state index in [-0.39, 0.29) is 5.60 Å². The molecule has 7 aliphatic rings. The highest BCUT2D eigenvalue weighted by Gasteiger charge is 2.95. The first-order valence-corrected chi connectivity index (χ1v) is 7.45. The Morgan fingerprint density at radius 2 is 1.75 bits per heavy atom. The molecule has 0 N–H and O–H groups in total.